The van der Waals surface area contributed by atoms with Gasteiger partial charge in [-0.3, -0.25) is 4.79 Å². The van der Waals surface area contributed by atoms with Gasteiger partial charge in [0.25, 0.3) is 0 Å². The van der Waals surface area contributed by atoms with E-state index in [4.69, 9.17) is 14.5 Å². The van der Waals surface area contributed by atoms with Crippen molar-refractivity contribution < 1.29 is 14.3 Å². The van der Waals surface area contributed by atoms with Gasteiger partial charge in [-0.05, 0) is 106 Å². The van der Waals surface area contributed by atoms with Crippen LogP contribution in [0.15, 0.2) is 36.4 Å². The molecule has 5 nitrogen and oxygen atoms in total. The second-order valence-corrected chi connectivity index (χ2v) is 10.3. The van der Waals surface area contributed by atoms with Crippen LogP contribution in [-0.4, -0.2) is 22.5 Å². The maximum absolute atomic E-state index is 13.4. The first-order valence-corrected chi connectivity index (χ1v) is 12.0. The number of aryl methyl sites for hydroxylation is 1. The van der Waals surface area contributed by atoms with Crippen LogP contribution in [0.4, 0.5) is 0 Å². The number of benzene rings is 2. The summed E-state index contributed by atoms with van der Waals surface area (Å²) in [5, 5.41) is 0. The van der Waals surface area contributed by atoms with E-state index in [9.17, 15) is 4.79 Å². The molecule has 0 unspecified atom stereocenters. The average molecular weight is 431 g/mol. The normalized spacial score (nSPS) is 28.2. The summed E-state index contributed by atoms with van der Waals surface area (Å²) in [6.45, 7) is 4.52. The summed E-state index contributed by atoms with van der Waals surface area (Å²) in [4.78, 5) is 21.6. The molecule has 7 rings (SSSR count). The summed E-state index contributed by atoms with van der Waals surface area (Å²) >= 11 is 0. The minimum atomic E-state index is -0.284. The molecule has 0 radical (unpaired) electrons. The molecule has 166 valence electrons. The molecule has 1 N–H and O–H groups in total. The van der Waals surface area contributed by atoms with Crippen molar-refractivity contribution in [2.75, 3.05) is 6.61 Å². The lowest BCUT2D eigenvalue weighted by atomic mass is 9.49. The molecule has 2 aromatic carbocycles. The van der Waals surface area contributed by atoms with E-state index in [2.05, 4.69) is 24.0 Å². The Morgan fingerprint density at radius 3 is 2.44 bits per heavy atom. The zero-order valence-electron chi connectivity index (χ0n) is 18.8. The van der Waals surface area contributed by atoms with Crippen LogP contribution in [0, 0.1) is 30.1 Å². The summed E-state index contributed by atoms with van der Waals surface area (Å²) in [6.07, 6.45) is 6.92. The maximum Gasteiger partial charge on any atom is 0.317 e. The Bertz CT molecular complexity index is 1160. The quantitative estimate of drug-likeness (QED) is 0.395. The molecule has 3 aromatic rings. The van der Waals surface area contributed by atoms with Crippen LogP contribution in [0.25, 0.3) is 22.4 Å². The van der Waals surface area contributed by atoms with Crippen molar-refractivity contribution in [3.63, 3.8) is 0 Å². The van der Waals surface area contributed by atoms with Crippen molar-refractivity contribution >= 4 is 17.0 Å². The van der Waals surface area contributed by atoms with E-state index < -0.39 is 0 Å². The molecule has 4 aliphatic carbocycles. The number of nitrogens with one attached hydrogen (secondary N) is 1. The number of hydrogen-bond donors (Lipinski definition) is 1. The number of hydrogen-bond acceptors (Lipinski definition) is 4. The number of aromatic nitrogens is 2. The third-order valence-corrected chi connectivity index (χ3v) is 7.83. The van der Waals surface area contributed by atoms with Gasteiger partial charge >= 0.3 is 5.97 Å². The highest BCUT2D eigenvalue weighted by Crippen LogP contribution is 2.60. The summed E-state index contributed by atoms with van der Waals surface area (Å²) in [6, 6.07) is 11.9. The monoisotopic (exact) mass is 430 g/mol. The number of rotatable bonds is 5. The fraction of sp³-hybridized carbons (Fsp3) is 0.481. The van der Waals surface area contributed by atoms with Crippen molar-refractivity contribution in [2.24, 2.45) is 23.2 Å². The fourth-order valence-electron chi connectivity index (χ4n) is 6.84. The molecule has 4 fully saturated rings. The summed E-state index contributed by atoms with van der Waals surface area (Å²) in [5.41, 5.74) is 3.76. The van der Waals surface area contributed by atoms with Crippen LogP contribution in [0.5, 0.6) is 11.5 Å². The molecule has 0 spiro atoms. The predicted molar refractivity (Wildman–Crippen MR) is 124 cm³/mol. The van der Waals surface area contributed by atoms with Crippen LogP contribution >= 0.6 is 0 Å². The lowest BCUT2D eigenvalue weighted by Crippen LogP contribution is -2.51. The van der Waals surface area contributed by atoms with Gasteiger partial charge in [0.05, 0.1) is 23.1 Å². The molecule has 1 heterocycles. The average Bonchev–Trinajstić information content (AvgIpc) is 3.17. The first-order chi connectivity index (χ1) is 15.5. The highest BCUT2D eigenvalue weighted by molar-refractivity contribution is 5.82. The number of aromatic amines is 1. The Kier molecular flexibility index (Phi) is 4.56. The number of H-pyrrole nitrogens is 1. The van der Waals surface area contributed by atoms with Crippen LogP contribution in [0.3, 0.4) is 0 Å². The van der Waals surface area contributed by atoms with Crippen molar-refractivity contribution in [1.29, 1.82) is 0 Å². The first-order valence-electron chi connectivity index (χ1n) is 12.0. The van der Waals surface area contributed by atoms with E-state index in [1.54, 1.807) is 0 Å². The highest BCUT2D eigenvalue weighted by atomic mass is 16.6. The molecule has 1 aromatic heterocycles. The molecule has 0 saturated heterocycles. The molecule has 0 atom stereocenters. The number of carbonyl (C=O) groups is 1. The fourth-order valence-corrected chi connectivity index (χ4v) is 6.84. The standard InChI is InChI=1S/C27H30N2O3/c1-3-31-24-12-20(25-28-21-6-4-16(2)8-22(21)29-25)5-7-23(24)32-26(30)27-13-17-9-18(14-27)11-19(10-17)15-27/h4-8,12,17-19H,3,9-11,13-15H2,1-2H3,(H,28,29). The van der Waals surface area contributed by atoms with E-state index in [-0.39, 0.29) is 11.4 Å². The lowest BCUT2D eigenvalue weighted by Gasteiger charge is -2.55. The largest absolute Gasteiger partial charge is 0.490 e. The van der Waals surface area contributed by atoms with Gasteiger partial charge in [-0.25, -0.2) is 4.98 Å². The minimum Gasteiger partial charge on any atom is -0.490 e. The van der Waals surface area contributed by atoms with Crippen molar-refractivity contribution in [3.05, 3.63) is 42.0 Å². The highest BCUT2D eigenvalue weighted by Gasteiger charge is 2.55. The topological polar surface area (TPSA) is 64.2 Å². The van der Waals surface area contributed by atoms with Gasteiger partial charge in [0, 0.05) is 5.56 Å². The van der Waals surface area contributed by atoms with Gasteiger partial charge < -0.3 is 14.5 Å². The van der Waals surface area contributed by atoms with Crippen LogP contribution in [0.1, 0.15) is 51.0 Å². The van der Waals surface area contributed by atoms with Gasteiger partial charge in [-0.2, -0.15) is 0 Å². The minimum absolute atomic E-state index is 0.0514. The number of fused-ring (bicyclic) bond motifs is 1. The van der Waals surface area contributed by atoms with Gasteiger partial charge in [0.15, 0.2) is 11.5 Å². The van der Waals surface area contributed by atoms with E-state index in [1.165, 1.54) is 24.8 Å². The van der Waals surface area contributed by atoms with Crippen LogP contribution in [0.2, 0.25) is 0 Å². The molecule has 32 heavy (non-hydrogen) atoms. The van der Waals surface area contributed by atoms with Crippen molar-refractivity contribution in [3.8, 4) is 22.9 Å². The van der Waals surface area contributed by atoms with Crippen LogP contribution in [-0.2, 0) is 4.79 Å². The maximum atomic E-state index is 13.4. The molecule has 5 heteroatoms. The third-order valence-electron chi connectivity index (χ3n) is 7.83. The summed E-state index contributed by atoms with van der Waals surface area (Å²) in [7, 11) is 0. The van der Waals surface area contributed by atoms with Gasteiger partial charge in [0.1, 0.15) is 5.82 Å². The predicted octanol–water partition coefficient (Wildman–Crippen LogP) is 6.06. The Hall–Kier alpha value is -2.82. The smallest absolute Gasteiger partial charge is 0.317 e. The molecular weight excluding hydrogens is 400 g/mol. The zero-order valence-corrected chi connectivity index (χ0v) is 18.8. The molecule has 4 aliphatic rings. The second kappa shape index (κ2) is 7.36. The molecular formula is C27H30N2O3. The molecule has 4 bridgehead atoms. The summed E-state index contributed by atoms with van der Waals surface area (Å²) in [5.74, 6) is 3.97. The van der Waals surface area contributed by atoms with Crippen LogP contribution < -0.4 is 9.47 Å². The number of ether oxygens (including phenoxy) is 2. The Morgan fingerprint density at radius 2 is 1.75 bits per heavy atom. The van der Waals surface area contributed by atoms with E-state index in [0.29, 0.717) is 35.9 Å². The van der Waals surface area contributed by atoms with Gasteiger partial charge in [-0.1, -0.05) is 6.07 Å². The number of imidazole rings is 1. The third kappa shape index (κ3) is 3.30. The number of esters is 1. The second-order valence-electron chi connectivity index (χ2n) is 10.3. The van der Waals surface area contributed by atoms with E-state index in [1.807, 2.05) is 31.2 Å². The first kappa shape index (κ1) is 19.8. The lowest BCUT2D eigenvalue weighted by molar-refractivity contribution is -0.161. The van der Waals surface area contributed by atoms with Gasteiger partial charge in [-0.15, -0.1) is 0 Å². The zero-order chi connectivity index (χ0) is 21.9. The Balaban J connectivity index is 1.29. The number of carbonyl (C=O) groups excluding carboxylic acids is 1. The Morgan fingerprint density at radius 1 is 1.03 bits per heavy atom. The van der Waals surface area contributed by atoms with Gasteiger partial charge in [0.2, 0.25) is 0 Å². The molecule has 0 aliphatic heterocycles. The molecule has 4 saturated carbocycles. The number of nitrogens with zero attached hydrogens (tertiary/aromatic N) is 1. The van der Waals surface area contributed by atoms with Crippen molar-refractivity contribution in [2.45, 2.75) is 52.4 Å². The molecule has 0 amide bonds. The SMILES string of the molecule is CCOc1cc(-c2nc3ccc(C)cc3[nH]2)ccc1OC(=O)C12CC3CC(CC(C3)C1)C2. The summed E-state index contributed by atoms with van der Waals surface area (Å²) < 4.78 is 11.9. The van der Waals surface area contributed by atoms with Crippen molar-refractivity contribution in [1.82, 2.24) is 9.97 Å². The Labute approximate surface area is 188 Å². The van der Waals surface area contributed by atoms with E-state index >= 15 is 0 Å². The van der Waals surface area contributed by atoms with E-state index in [0.717, 1.165) is 41.7 Å².